The molecule has 1 rings (SSSR count). The van der Waals surface area contributed by atoms with E-state index >= 15 is 0 Å². The molecule has 19 heavy (non-hydrogen) atoms. The van der Waals surface area contributed by atoms with Crippen LogP contribution in [0.15, 0.2) is 24.3 Å². The zero-order chi connectivity index (χ0) is 14.1. The van der Waals surface area contributed by atoms with Crippen molar-refractivity contribution in [2.45, 2.75) is 39.7 Å². The number of benzene rings is 1. The second-order valence-electron chi connectivity index (χ2n) is 4.90. The average Bonchev–Trinajstić information content (AvgIpc) is 2.43. The first-order chi connectivity index (χ1) is 9.21. The molecule has 108 valence electrons. The van der Waals surface area contributed by atoms with Crippen LogP contribution in [0.5, 0.6) is 0 Å². The largest absolute Gasteiger partial charge is 0.309 e. The Kier molecular flexibility index (Phi) is 7.68. The SMILES string of the molecule is CCCN(CC)CCNC(CC)c1ccc(F)cc1. The molecule has 1 aromatic carbocycles. The van der Waals surface area contributed by atoms with Crippen LogP contribution in [0.4, 0.5) is 4.39 Å². The summed E-state index contributed by atoms with van der Waals surface area (Å²) in [6, 6.07) is 7.14. The van der Waals surface area contributed by atoms with Crippen LogP contribution in [0.25, 0.3) is 0 Å². The van der Waals surface area contributed by atoms with Crippen LogP contribution in [-0.4, -0.2) is 31.1 Å². The van der Waals surface area contributed by atoms with Crippen molar-refractivity contribution >= 4 is 0 Å². The zero-order valence-electron chi connectivity index (χ0n) is 12.5. The van der Waals surface area contributed by atoms with Crippen molar-refractivity contribution in [3.63, 3.8) is 0 Å². The number of hydrogen-bond acceptors (Lipinski definition) is 2. The standard InChI is InChI=1S/C16H27FN2/c1-4-12-19(6-3)13-11-18-16(5-2)14-7-9-15(17)10-8-14/h7-10,16,18H,4-6,11-13H2,1-3H3. The maximum atomic E-state index is 12.9. The van der Waals surface area contributed by atoms with E-state index in [9.17, 15) is 4.39 Å². The van der Waals surface area contributed by atoms with Crippen LogP contribution >= 0.6 is 0 Å². The number of nitrogens with one attached hydrogen (secondary N) is 1. The number of likely N-dealkylation sites (N-methyl/N-ethyl adjacent to an activating group) is 1. The first-order valence-electron chi connectivity index (χ1n) is 7.42. The third-order valence-electron chi connectivity index (χ3n) is 3.49. The highest BCUT2D eigenvalue weighted by Crippen LogP contribution is 2.16. The first-order valence-corrected chi connectivity index (χ1v) is 7.42. The maximum Gasteiger partial charge on any atom is 0.123 e. The van der Waals surface area contributed by atoms with E-state index in [1.54, 1.807) is 0 Å². The van der Waals surface area contributed by atoms with Crippen molar-refractivity contribution in [1.29, 1.82) is 0 Å². The molecule has 0 saturated carbocycles. The fraction of sp³-hybridized carbons (Fsp3) is 0.625. The molecule has 3 heteroatoms. The summed E-state index contributed by atoms with van der Waals surface area (Å²) in [7, 11) is 0. The molecule has 0 spiro atoms. The van der Waals surface area contributed by atoms with Gasteiger partial charge in [0.2, 0.25) is 0 Å². The predicted octanol–water partition coefficient (Wildman–Crippen LogP) is 3.60. The van der Waals surface area contributed by atoms with Crippen LogP contribution in [0.3, 0.4) is 0 Å². The van der Waals surface area contributed by atoms with E-state index in [0.29, 0.717) is 6.04 Å². The molecule has 0 saturated heterocycles. The normalized spacial score (nSPS) is 12.9. The lowest BCUT2D eigenvalue weighted by atomic mass is 10.0. The number of rotatable bonds is 9. The Morgan fingerprint density at radius 1 is 1.11 bits per heavy atom. The fourth-order valence-corrected chi connectivity index (χ4v) is 2.33. The lowest BCUT2D eigenvalue weighted by Gasteiger charge is -2.22. The molecule has 0 heterocycles. The minimum absolute atomic E-state index is 0.168. The molecule has 0 radical (unpaired) electrons. The summed E-state index contributed by atoms with van der Waals surface area (Å²) in [5.41, 5.74) is 1.17. The van der Waals surface area contributed by atoms with Gasteiger partial charge < -0.3 is 10.2 Å². The van der Waals surface area contributed by atoms with Gasteiger partial charge in [-0.2, -0.15) is 0 Å². The van der Waals surface area contributed by atoms with Crippen LogP contribution < -0.4 is 5.32 Å². The maximum absolute atomic E-state index is 12.9. The van der Waals surface area contributed by atoms with Gasteiger partial charge in [0.1, 0.15) is 5.82 Å². The van der Waals surface area contributed by atoms with Gasteiger partial charge in [0.25, 0.3) is 0 Å². The quantitative estimate of drug-likeness (QED) is 0.734. The summed E-state index contributed by atoms with van der Waals surface area (Å²) in [4.78, 5) is 2.45. The molecule has 0 fully saturated rings. The van der Waals surface area contributed by atoms with Gasteiger partial charge in [-0.05, 0) is 43.6 Å². The van der Waals surface area contributed by atoms with Crippen LogP contribution in [0.1, 0.15) is 45.2 Å². The molecule has 0 amide bonds. The van der Waals surface area contributed by atoms with Gasteiger partial charge in [0.05, 0.1) is 0 Å². The van der Waals surface area contributed by atoms with Crippen molar-refractivity contribution in [2.24, 2.45) is 0 Å². The second-order valence-corrected chi connectivity index (χ2v) is 4.90. The third kappa shape index (κ3) is 5.70. The van der Waals surface area contributed by atoms with Gasteiger partial charge >= 0.3 is 0 Å². The Bertz CT molecular complexity index is 337. The lowest BCUT2D eigenvalue weighted by Crippen LogP contribution is -2.34. The summed E-state index contributed by atoms with van der Waals surface area (Å²) in [6.45, 7) is 10.9. The minimum Gasteiger partial charge on any atom is -0.309 e. The van der Waals surface area contributed by atoms with E-state index < -0.39 is 0 Å². The van der Waals surface area contributed by atoms with E-state index in [2.05, 4.69) is 31.0 Å². The molecule has 1 N–H and O–H groups in total. The van der Waals surface area contributed by atoms with E-state index in [1.165, 1.54) is 24.1 Å². The molecule has 0 aromatic heterocycles. The molecule has 2 nitrogen and oxygen atoms in total. The highest BCUT2D eigenvalue weighted by Gasteiger charge is 2.09. The van der Waals surface area contributed by atoms with Gasteiger partial charge in [0, 0.05) is 19.1 Å². The van der Waals surface area contributed by atoms with Gasteiger partial charge in [-0.15, -0.1) is 0 Å². The summed E-state index contributed by atoms with van der Waals surface area (Å²) in [5.74, 6) is -0.168. The van der Waals surface area contributed by atoms with Gasteiger partial charge in [0.15, 0.2) is 0 Å². The third-order valence-corrected chi connectivity index (χ3v) is 3.49. The Labute approximate surface area is 117 Å². The van der Waals surface area contributed by atoms with Crippen molar-refractivity contribution < 1.29 is 4.39 Å². The van der Waals surface area contributed by atoms with E-state index in [0.717, 1.165) is 32.6 Å². The Balaban J connectivity index is 2.42. The predicted molar refractivity (Wildman–Crippen MR) is 79.8 cm³/mol. The fourth-order valence-electron chi connectivity index (χ4n) is 2.33. The number of nitrogens with zero attached hydrogens (tertiary/aromatic N) is 1. The van der Waals surface area contributed by atoms with Crippen LogP contribution in [0, 0.1) is 5.82 Å². The highest BCUT2D eigenvalue weighted by molar-refractivity contribution is 5.19. The summed E-state index contributed by atoms with van der Waals surface area (Å²) < 4.78 is 12.9. The van der Waals surface area contributed by atoms with Crippen molar-refractivity contribution in [3.8, 4) is 0 Å². The first kappa shape index (κ1) is 16.1. The van der Waals surface area contributed by atoms with E-state index in [1.807, 2.05) is 12.1 Å². The monoisotopic (exact) mass is 266 g/mol. The zero-order valence-corrected chi connectivity index (χ0v) is 12.5. The van der Waals surface area contributed by atoms with Gasteiger partial charge in [-0.25, -0.2) is 4.39 Å². The van der Waals surface area contributed by atoms with Gasteiger partial charge in [-0.3, -0.25) is 0 Å². The molecule has 1 aromatic rings. The molecular weight excluding hydrogens is 239 g/mol. The molecule has 0 aliphatic rings. The second kappa shape index (κ2) is 9.05. The van der Waals surface area contributed by atoms with Crippen molar-refractivity contribution in [1.82, 2.24) is 10.2 Å². The molecular formula is C16H27FN2. The Morgan fingerprint density at radius 3 is 2.32 bits per heavy atom. The van der Waals surface area contributed by atoms with Gasteiger partial charge in [-0.1, -0.05) is 32.9 Å². The molecule has 0 bridgehead atoms. The Morgan fingerprint density at radius 2 is 1.79 bits per heavy atom. The van der Waals surface area contributed by atoms with Crippen molar-refractivity contribution in [2.75, 3.05) is 26.2 Å². The topological polar surface area (TPSA) is 15.3 Å². The smallest absolute Gasteiger partial charge is 0.123 e. The van der Waals surface area contributed by atoms with Crippen LogP contribution in [-0.2, 0) is 0 Å². The molecule has 1 unspecified atom stereocenters. The number of hydrogen-bond donors (Lipinski definition) is 1. The summed E-state index contributed by atoms with van der Waals surface area (Å²) in [6.07, 6.45) is 2.22. The molecule has 0 aliphatic heterocycles. The van der Waals surface area contributed by atoms with Crippen molar-refractivity contribution in [3.05, 3.63) is 35.6 Å². The van der Waals surface area contributed by atoms with E-state index in [4.69, 9.17) is 0 Å². The van der Waals surface area contributed by atoms with Crippen LogP contribution in [0.2, 0.25) is 0 Å². The lowest BCUT2D eigenvalue weighted by molar-refractivity contribution is 0.282. The summed E-state index contributed by atoms with van der Waals surface area (Å²) >= 11 is 0. The summed E-state index contributed by atoms with van der Waals surface area (Å²) in [5, 5.41) is 3.56. The molecule has 1 atom stereocenters. The molecule has 0 aliphatic carbocycles. The Hall–Kier alpha value is -0.930. The van der Waals surface area contributed by atoms with E-state index in [-0.39, 0.29) is 5.82 Å². The minimum atomic E-state index is -0.168. The number of halogens is 1. The average molecular weight is 266 g/mol. The highest BCUT2D eigenvalue weighted by atomic mass is 19.1.